The lowest BCUT2D eigenvalue weighted by Crippen LogP contribution is -2.21. The van der Waals surface area contributed by atoms with Gasteiger partial charge in [0.05, 0.1) is 12.2 Å². The van der Waals surface area contributed by atoms with Crippen molar-refractivity contribution in [3.8, 4) is 0 Å². The fourth-order valence-corrected chi connectivity index (χ4v) is 2.65. The number of carbonyl (C=O) groups excluding carboxylic acids is 1. The highest BCUT2D eigenvalue weighted by Crippen LogP contribution is 2.26. The number of rotatable bonds is 4. The fourth-order valence-electron chi connectivity index (χ4n) is 2.65. The number of nitrogens with two attached hydrogens (primary N) is 1. The smallest absolute Gasteiger partial charge is 0.404 e. The molecular weight excluding hydrogens is 287 g/mol. The van der Waals surface area contributed by atoms with E-state index in [4.69, 9.17) is 10.5 Å². The van der Waals surface area contributed by atoms with E-state index in [0.29, 0.717) is 0 Å². The van der Waals surface area contributed by atoms with Crippen molar-refractivity contribution in [3.05, 3.63) is 48.0 Å². The van der Waals surface area contributed by atoms with Gasteiger partial charge in [-0.15, -0.1) is 0 Å². The predicted molar refractivity (Wildman–Crippen MR) is 78.9 cm³/mol. The van der Waals surface area contributed by atoms with Crippen molar-refractivity contribution >= 4 is 11.8 Å². The number of hydrogen-bond acceptors (Lipinski definition) is 4. The topological polar surface area (TPSA) is 73.4 Å². The second kappa shape index (κ2) is 6.05. The minimum Gasteiger partial charge on any atom is -0.445 e. The van der Waals surface area contributed by atoms with E-state index in [1.807, 2.05) is 10.9 Å². The molecule has 3 rings (SSSR count). The average molecular weight is 304 g/mol. The molecule has 116 valence electrons. The Balaban J connectivity index is 1.62. The number of hydrogen-bond donors (Lipinski definition) is 1. The van der Waals surface area contributed by atoms with E-state index < -0.39 is 6.09 Å². The van der Waals surface area contributed by atoms with Crippen molar-refractivity contribution in [2.45, 2.75) is 19.1 Å². The molecule has 0 unspecified atom stereocenters. The molecule has 2 heterocycles. The van der Waals surface area contributed by atoms with Crippen LogP contribution in [0.2, 0.25) is 0 Å². The molecule has 0 radical (unpaired) electrons. The summed E-state index contributed by atoms with van der Waals surface area (Å²) in [6, 6.07) is 6.75. The Morgan fingerprint density at radius 2 is 2.18 bits per heavy atom. The summed E-state index contributed by atoms with van der Waals surface area (Å²) in [5.74, 6) is -0.231. The molecule has 1 atom stereocenters. The minimum atomic E-state index is -0.795. The predicted octanol–water partition coefficient (Wildman–Crippen LogP) is 2.07. The van der Waals surface area contributed by atoms with Crippen LogP contribution in [0.25, 0.3) is 0 Å². The van der Waals surface area contributed by atoms with Gasteiger partial charge in [0.2, 0.25) is 0 Å². The number of nitrogens with zero attached hydrogens (tertiary/aromatic N) is 3. The van der Waals surface area contributed by atoms with Gasteiger partial charge >= 0.3 is 6.09 Å². The maximum Gasteiger partial charge on any atom is 0.404 e. The SMILES string of the molecule is NC(=O)OCc1cnn([C@H]2CCN(c3ccc(F)cc3)C2)c1. The van der Waals surface area contributed by atoms with E-state index in [2.05, 4.69) is 10.00 Å². The van der Waals surface area contributed by atoms with Crippen LogP contribution in [0.3, 0.4) is 0 Å². The maximum absolute atomic E-state index is 13.0. The highest BCUT2D eigenvalue weighted by atomic mass is 19.1. The second-order valence-electron chi connectivity index (χ2n) is 5.30. The van der Waals surface area contributed by atoms with Gasteiger partial charge in [-0.25, -0.2) is 9.18 Å². The number of ether oxygens (including phenoxy) is 1. The van der Waals surface area contributed by atoms with Gasteiger partial charge in [-0.3, -0.25) is 4.68 Å². The number of amides is 1. The molecule has 2 aromatic rings. The van der Waals surface area contributed by atoms with Gasteiger partial charge in [0.15, 0.2) is 0 Å². The zero-order valence-electron chi connectivity index (χ0n) is 12.0. The molecule has 0 saturated carbocycles. The highest BCUT2D eigenvalue weighted by molar-refractivity contribution is 5.64. The van der Waals surface area contributed by atoms with Crippen LogP contribution in [0.5, 0.6) is 0 Å². The van der Waals surface area contributed by atoms with Crippen molar-refractivity contribution in [3.63, 3.8) is 0 Å². The number of aromatic nitrogens is 2. The van der Waals surface area contributed by atoms with Crippen LogP contribution in [0.4, 0.5) is 14.9 Å². The summed E-state index contributed by atoms with van der Waals surface area (Å²) in [5, 5.41) is 4.32. The van der Waals surface area contributed by atoms with Gasteiger partial charge in [-0.1, -0.05) is 0 Å². The van der Waals surface area contributed by atoms with E-state index in [9.17, 15) is 9.18 Å². The highest BCUT2D eigenvalue weighted by Gasteiger charge is 2.24. The lowest BCUT2D eigenvalue weighted by molar-refractivity contribution is 0.150. The number of carbonyl (C=O) groups is 1. The van der Waals surface area contributed by atoms with Crippen LogP contribution < -0.4 is 10.6 Å². The summed E-state index contributed by atoms with van der Waals surface area (Å²) in [6.45, 7) is 1.83. The van der Waals surface area contributed by atoms with Crippen molar-refractivity contribution in [1.29, 1.82) is 0 Å². The third-order valence-corrected chi connectivity index (χ3v) is 3.77. The third-order valence-electron chi connectivity index (χ3n) is 3.77. The van der Waals surface area contributed by atoms with Crippen molar-refractivity contribution < 1.29 is 13.9 Å². The molecular formula is C15H17FN4O2. The first-order chi connectivity index (χ1) is 10.6. The average Bonchev–Trinajstić information content (AvgIpc) is 3.15. The number of anilines is 1. The monoisotopic (exact) mass is 304 g/mol. The summed E-state index contributed by atoms with van der Waals surface area (Å²) in [4.78, 5) is 12.8. The normalized spacial score (nSPS) is 17.7. The van der Waals surface area contributed by atoms with Crippen molar-refractivity contribution in [1.82, 2.24) is 9.78 Å². The van der Waals surface area contributed by atoms with Gasteiger partial charge in [-0.2, -0.15) is 5.10 Å². The molecule has 0 aliphatic carbocycles. The summed E-state index contributed by atoms with van der Waals surface area (Å²) in [6.07, 6.45) is 3.69. The molecule has 1 saturated heterocycles. The lowest BCUT2D eigenvalue weighted by atomic mass is 10.2. The van der Waals surface area contributed by atoms with E-state index in [-0.39, 0.29) is 18.5 Å². The molecule has 1 aromatic carbocycles. The third kappa shape index (κ3) is 3.19. The molecule has 1 aliphatic rings. The zero-order valence-corrected chi connectivity index (χ0v) is 12.0. The van der Waals surface area contributed by atoms with Crippen LogP contribution in [0.1, 0.15) is 18.0 Å². The molecule has 1 aromatic heterocycles. The quantitative estimate of drug-likeness (QED) is 0.938. The second-order valence-corrected chi connectivity index (χ2v) is 5.30. The molecule has 2 N–H and O–H groups in total. The molecule has 6 nitrogen and oxygen atoms in total. The van der Waals surface area contributed by atoms with Gasteiger partial charge in [0.1, 0.15) is 12.4 Å². The van der Waals surface area contributed by atoms with Crippen LogP contribution in [-0.4, -0.2) is 29.0 Å². The number of halogens is 1. The molecule has 0 bridgehead atoms. The Bertz CT molecular complexity index is 656. The van der Waals surface area contributed by atoms with E-state index in [1.54, 1.807) is 18.3 Å². The first-order valence-electron chi connectivity index (χ1n) is 7.07. The minimum absolute atomic E-state index is 0.129. The van der Waals surface area contributed by atoms with E-state index in [0.717, 1.165) is 30.8 Å². The summed E-state index contributed by atoms with van der Waals surface area (Å²) in [7, 11) is 0. The first-order valence-corrected chi connectivity index (χ1v) is 7.07. The number of benzene rings is 1. The maximum atomic E-state index is 13.0. The lowest BCUT2D eigenvalue weighted by Gasteiger charge is -2.18. The van der Waals surface area contributed by atoms with Crippen LogP contribution in [-0.2, 0) is 11.3 Å². The van der Waals surface area contributed by atoms with Gasteiger partial charge in [0, 0.05) is 30.5 Å². The molecule has 0 spiro atoms. The molecule has 1 amide bonds. The summed E-state index contributed by atoms with van der Waals surface area (Å²) in [5.41, 5.74) is 6.75. The van der Waals surface area contributed by atoms with E-state index >= 15 is 0 Å². The standard InChI is InChI=1S/C15H17FN4O2/c16-12-1-3-13(4-2-12)19-6-5-14(9-19)20-8-11(7-18-20)10-22-15(17)21/h1-4,7-8,14H,5-6,9-10H2,(H2,17,21)/t14-/m0/s1. The fraction of sp³-hybridized carbons (Fsp3) is 0.333. The Kier molecular flexibility index (Phi) is 3.95. The summed E-state index contributed by atoms with van der Waals surface area (Å²) < 4.78 is 19.6. The van der Waals surface area contributed by atoms with Gasteiger partial charge < -0.3 is 15.4 Å². The Morgan fingerprint density at radius 1 is 1.41 bits per heavy atom. The zero-order chi connectivity index (χ0) is 15.5. The Hall–Kier alpha value is -2.57. The Morgan fingerprint density at radius 3 is 2.91 bits per heavy atom. The van der Waals surface area contributed by atoms with Gasteiger partial charge in [-0.05, 0) is 30.7 Å². The summed E-state index contributed by atoms with van der Waals surface area (Å²) >= 11 is 0. The number of primary amides is 1. The van der Waals surface area contributed by atoms with Crippen molar-refractivity contribution in [2.75, 3.05) is 18.0 Å². The largest absolute Gasteiger partial charge is 0.445 e. The molecule has 1 fully saturated rings. The van der Waals surface area contributed by atoms with Gasteiger partial charge in [0.25, 0.3) is 0 Å². The molecule has 22 heavy (non-hydrogen) atoms. The van der Waals surface area contributed by atoms with Crippen LogP contribution in [0, 0.1) is 5.82 Å². The first kappa shape index (κ1) is 14.4. The van der Waals surface area contributed by atoms with E-state index in [1.165, 1.54) is 12.1 Å². The molecule has 7 heteroatoms. The van der Waals surface area contributed by atoms with Crippen LogP contribution >= 0.6 is 0 Å². The van der Waals surface area contributed by atoms with Crippen molar-refractivity contribution in [2.24, 2.45) is 5.73 Å². The van der Waals surface area contributed by atoms with Crippen LogP contribution in [0.15, 0.2) is 36.7 Å². The Labute approximate surface area is 127 Å². The molecule has 1 aliphatic heterocycles.